The molecular weight excluding hydrogens is 264 g/mol. The third-order valence-corrected chi connectivity index (χ3v) is 3.60. The molecule has 0 spiro atoms. The minimum atomic E-state index is 0.464. The minimum absolute atomic E-state index is 0.464. The van der Waals surface area contributed by atoms with Gasteiger partial charge in [-0.2, -0.15) is 0 Å². The summed E-state index contributed by atoms with van der Waals surface area (Å²) in [6.45, 7) is 10.8. The fourth-order valence-corrected chi connectivity index (χ4v) is 2.35. The molecule has 21 heavy (non-hydrogen) atoms. The largest absolute Gasteiger partial charge is 0.469 e. The molecule has 0 amide bonds. The van der Waals surface area contributed by atoms with Gasteiger partial charge in [-0.05, 0) is 33.0 Å². The Morgan fingerprint density at radius 1 is 1.14 bits per heavy atom. The predicted molar refractivity (Wildman–Crippen MR) is 84.0 cm³/mol. The third-order valence-electron chi connectivity index (χ3n) is 3.60. The van der Waals surface area contributed by atoms with Gasteiger partial charge in [0.15, 0.2) is 0 Å². The molecule has 0 bridgehead atoms. The van der Waals surface area contributed by atoms with Crippen LogP contribution in [0.15, 0.2) is 27.2 Å². The summed E-state index contributed by atoms with van der Waals surface area (Å²) in [7, 11) is 2.12. The number of rotatable bonds is 7. The van der Waals surface area contributed by atoms with E-state index >= 15 is 0 Å². The van der Waals surface area contributed by atoms with Crippen LogP contribution in [0.3, 0.4) is 0 Å². The highest BCUT2D eigenvalue weighted by Gasteiger charge is 2.11. The Labute approximate surface area is 127 Å². The number of hydrogen-bond acceptors (Lipinski definition) is 4. The topological polar surface area (TPSA) is 41.6 Å². The zero-order chi connectivity index (χ0) is 15.4. The van der Waals surface area contributed by atoms with Gasteiger partial charge in [-0.15, -0.1) is 0 Å². The van der Waals surface area contributed by atoms with Crippen LogP contribution in [0.4, 0.5) is 0 Å². The standard InChI is InChI=1S/C17H26N2O2/c1-12(2)18-9-17-8-16(14(4)21-17)11-19(5)10-15-6-7-20-13(15)3/h6-8,12,18H,9-11H2,1-5H3. The molecule has 1 N–H and O–H groups in total. The van der Waals surface area contributed by atoms with Gasteiger partial charge in [-0.1, -0.05) is 13.8 Å². The quantitative estimate of drug-likeness (QED) is 0.845. The second kappa shape index (κ2) is 6.96. The highest BCUT2D eigenvalue weighted by molar-refractivity contribution is 5.21. The van der Waals surface area contributed by atoms with Crippen LogP contribution in [0.25, 0.3) is 0 Å². The molecule has 0 saturated heterocycles. The lowest BCUT2D eigenvalue weighted by atomic mass is 10.2. The molecule has 4 heteroatoms. The van der Waals surface area contributed by atoms with Crippen LogP contribution in [0.1, 0.15) is 42.3 Å². The van der Waals surface area contributed by atoms with Crippen molar-refractivity contribution in [3.63, 3.8) is 0 Å². The molecule has 0 radical (unpaired) electrons. The van der Waals surface area contributed by atoms with Crippen molar-refractivity contribution in [3.05, 3.63) is 46.8 Å². The van der Waals surface area contributed by atoms with E-state index in [9.17, 15) is 0 Å². The average molecular weight is 290 g/mol. The van der Waals surface area contributed by atoms with Crippen molar-refractivity contribution in [2.24, 2.45) is 0 Å². The first-order valence-corrected chi connectivity index (χ1v) is 7.48. The number of furan rings is 2. The molecule has 0 unspecified atom stereocenters. The van der Waals surface area contributed by atoms with E-state index in [1.54, 1.807) is 6.26 Å². The lowest BCUT2D eigenvalue weighted by Gasteiger charge is -2.15. The summed E-state index contributed by atoms with van der Waals surface area (Å²) in [5, 5.41) is 3.38. The average Bonchev–Trinajstić information content (AvgIpc) is 2.95. The number of aryl methyl sites for hydroxylation is 2. The van der Waals surface area contributed by atoms with Gasteiger partial charge in [-0.25, -0.2) is 0 Å². The Kier molecular flexibility index (Phi) is 5.26. The van der Waals surface area contributed by atoms with Crippen LogP contribution in [0.5, 0.6) is 0 Å². The summed E-state index contributed by atoms with van der Waals surface area (Å²) in [4.78, 5) is 2.27. The molecule has 2 heterocycles. The van der Waals surface area contributed by atoms with Gasteiger partial charge in [0, 0.05) is 30.3 Å². The van der Waals surface area contributed by atoms with Gasteiger partial charge in [0.05, 0.1) is 12.8 Å². The molecule has 0 aromatic carbocycles. The second-order valence-corrected chi connectivity index (χ2v) is 6.00. The molecule has 2 rings (SSSR count). The van der Waals surface area contributed by atoms with E-state index in [0.29, 0.717) is 6.04 Å². The van der Waals surface area contributed by atoms with Gasteiger partial charge in [0.1, 0.15) is 17.3 Å². The van der Waals surface area contributed by atoms with Crippen molar-refractivity contribution >= 4 is 0 Å². The fraction of sp³-hybridized carbons (Fsp3) is 0.529. The van der Waals surface area contributed by atoms with E-state index in [4.69, 9.17) is 8.83 Å². The maximum atomic E-state index is 5.82. The third kappa shape index (κ3) is 4.48. The molecule has 2 aromatic rings. The maximum absolute atomic E-state index is 5.82. The van der Waals surface area contributed by atoms with Crippen LogP contribution in [0.2, 0.25) is 0 Å². The van der Waals surface area contributed by atoms with Crippen molar-refractivity contribution < 1.29 is 8.83 Å². The highest BCUT2D eigenvalue weighted by Crippen LogP contribution is 2.18. The second-order valence-electron chi connectivity index (χ2n) is 6.00. The van der Waals surface area contributed by atoms with E-state index in [0.717, 1.165) is 36.9 Å². The Balaban J connectivity index is 1.94. The van der Waals surface area contributed by atoms with E-state index in [1.807, 2.05) is 19.9 Å². The summed E-state index contributed by atoms with van der Waals surface area (Å²) in [6.07, 6.45) is 1.75. The lowest BCUT2D eigenvalue weighted by molar-refractivity contribution is 0.313. The molecule has 4 nitrogen and oxygen atoms in total. The first kappa shape index (κ1) is 15.9. The summed E-state index contributed by atoms with van der Waals surface area (Å²) in [5.74, 6) is 3.00. The van der Waals surface area contributed by atoms with Crippen molar-refractivity contribution in [1.29, 1.82) is 0 Å². The van der Waals surface area contributed by atoms with Crippen LogP contribution in [-0.2, 0) is 19.6 Å². The molecule has 0 atom stereocenters. The Morgan fingerprint density at radius 2 is 1.86 bits per heavy atom. The van der Waals surface area contributed by atoms with Gasteiger partial charge in [0.25, 0.3) is 0 Å². The van der Waals surface area contributed by atoms with E-state index < -0.39 is 0 Å². The van der Waals surface area contributed by atoms with Crippen LogP contribution < -0.4 is 5.32 Å². The molecule has 0 aliphatic rings. The molecule has 116 valence electrons. The lowest BCUT2D eigenvalue weighted by Crippen LogP contribution is -2.21. The van der Waals surface area contributed by atoms with E-state index in [-0.39, 0.29) is 0 Å². The summed E-state index contributed by atoms with van der Waals surface area (Å²) in [5.41, 5.74) is 2.49. The maximum Gasteiger partial charge on any atom is 0.118 e. The van der Waals surface area contributed by atoms with E-state index in [1.165, 1.54) is 11.1 Å². The SMILES string of the molecule is Cc1occc1CN(C)Cc1cc(CNC(C)C)oc1C. The van der Waals surface area contributed by atoms with Gasteiger partial charge >= 0.3 is 0 Å². The van der Waals surface area contributed by atoms with Gasteiger partial charge in [0.2, 0.25) is 0 Å². The molecule has 0 aliphatic heterocycles. The molecule has 0 saturated carbocycles. The fourth-order valence-electron chi connectivity index (χ4n) is 2.35. The van der Waals surface area contributed by atoms with Crippen molar-refractivity contribution in [2.45, 2.75) is 53.4 Å². The number of nitrogens with one attached hydrogen (secondary N) is 1. The summed E-state index contributed by atoms with van der Waals surface area (Å²) in [6, 6.07) is 4.65. The number of nitrogens with zero attached hydrogens (tertiary/aromatic N) is 1. The first-order chi connectivity index (χ1) is 9.95. The molecule has 0 aliphatic carbocycles. The van der Waals surface area contributed by atoms with Gasteiger partial charge < -0.3 is 14.2 Å². The van der Waals surface area contributed by atoms with Crippen molar-refractivity contribution in [3.8, 4) is 0 Å². The smallest absolute Gasteiger partial charge is 0.118 e. The molecule has 2 aromatic heterocycles. The predicted octanol–water partition coefficient (Wildman–Crippen LogP) is 3.62. The van der Waals surface area contributed by atoms with Crippen molar-refractivity contribution in [1.82, 2.24) is 10.2 Å². The summed E-state index contributed by atoms with van der Waals surface area (Å²) < 4.78 is 11.2. The monoisotopic (exact) mass is 290 g/mol. The normalized spacial score (nSPS) is 11.8. The van der Waals surface area contributed by atoms with Crippen LogP contribution in [-0.4, -0.2) is 18.0 Å². The van der Waals surface area contributed by atoms with Gasteiger partial charge in [-0.3, -0.25) is 4.90 Å². The summed E-state index contributed by atoms with van der Waals surface area (Å²) >= 11 is 0. The van der Waals surface area contributed by atoms with Crippen molar-refractivity contribution in [2.75, 3.05) is 7.05 Å². The van der Waals surface area contributed by atoms with Crippen LogP contribution in [0, 0.1) is 13.8 Å². The minimum Gasteiger partial charge on any atom is -0.469 e. The first-order valence-electron chi connectivity index (χ1n) is 7.48. The highest BCUT2D eigenvalue weighted by atomic mass is 16.3. The Bertz CT molecular complexity index is 569. The molecule has 0 fully saturated rings. The van der Waals surface area contributed by atoms with Crippen LogP contribution >= 0.6 is 0 Å². The Morgan fingerprint density at radius 3 is 2.48 bits per heavy atom. The Hall–Kier alpha value is -1.52. The molecular formula is C17H26N2O2. The van der Waals surface area contributed by atoms with E-state index in [2.05, 4.69) is 37.2 Å². The zero-order valence-corrected chi connectivity index (χ0v) is 13.7. The number of hydrogen-bond donors (Lipinski definition) is 1. The zero-order valence-electron chi connectivity index (χ0n) is 13.7.